The van der Waals surface area contributed by atoms with Gasteiger partial charge in [0.05, 0.1) is 29.7 Å². The molecule has 6 nitrogen and oxygen atoms in total. The van der Waals surface area contributed by atoms with Crippen molar-refractivity contribution in [3.05, 3.63) is 46.8 Å². The first-order valence-electron chi connectivity index (χ1n) is 8.76. The highest BCUT2D eigenvalue weighted by Crippen LogP contribution is 2.20. The number of nitrogens with zero attached hydrogens (tertiary/aromatic N) is 4. The molecule has 0 spiro atoms. The van der Waals surface area contributed by atoms with Gasteiger partial charge in [-0.05, 0) is 38.0 Å². The van der Waals surface area contributed by atoms with Crippen LogP contribution < -0.4 is 0 Å². The molecule has 1 amide bonds. The number of β-amino-alcohol motifs (C(OH)–C–C–N with tert-alkyl or cyclic N) is 1. The van der Waals surface area contributed by atoms with Crippen LogP contribution in [0.25, 0.3) is 5.69 Å². The summed E-state index contributed by atoms with van der Waals surface area (Å²) < 4.78 is 1.86. The summed E-state index contributed by atoms with van der Waals surface area (Å²) in [5.74, 6) is 0.0395. The van der Waals surface area contributed by atoms with E-state index in [9.17, 15) is 4.79 Å². The zero-order valence-corrected chi connectivity index (χ0v) is 15.2. The quantitative estimate of drug-likeness (QED) is 0.916. The number of aliphatic hydroxyl groups excluding tert-OH is 1. The Morgan fingerprint density at radius 3 is 2.56 bits per heavy atom. The zero-order chi connectivity index (χ0) is 18.0. The van der Waals surface area contributed by atoms with Gasteiger partial charge in [0.25, 0.3) is 5.91 Å². The van der Waals surface area contributed by atoms with E-state index in [0.717, 1.165) is 30.0 Å². The third-order valence-corrected chi connectivity index (χ3v) is 4.91. The zero-order valence-electron chi connectivity index (χ0n) is 15.2. The van der Waals surface area contributed by atoms with Gasteiger partial charge in [-0.15, -0.1) is 0 Å². The second kappa shape index (κ2) is 7.37. The van der Waals surface area contributed by atoms with E-state index >= 15 is 0 Å². The summed E-state index contributed by atoms with van der Waals surface area (Å²) in [4.78, 5) is 16.9. The summed E-state index contributed by atoms with van der Waals surface area (Å²) in [6.45, 7) is 9.87. The molecule has 0 radical (unpaired) electrons. The number of amides is 1. The van der Waals surface area contributed by atoms with Crippen LogP contribution in [0.1, 0.15) is 27.2 Å². The number of carbonyl (C=O) groups excluding carboxylic acids is 1. The molecule has 0 bridgehead atoms. The van der Waals surface area contributed by atoms with Gasteiger partial charge in [-0.25, -0.2) is 4.68 Å². The summed E-state index contributed by atoms with van der Waals surface area (Å²) in [6, 6.07) is 6.25. The number of rotatable bonds is 4. The highest BCUT2D eigenvalue weighted by atomic mass is 16.3. The average molecular weight is 342 g/mol. The van der Waals surface area contributed by atoms with E-state index in [-0.39, 0.29) is 12.5 Å². The molecule has 1 aromatic heterocycles. The molecular formula is C19H26N4O2. The molecule has 1 N–H and O–H groups in total. The van der Waals surface area contributed by atoms with Crippen LogP contribution in [-0.2, 0) is 0 Å². The highest BCUT2D eigenvalue weighted by Gasteiger charge is 2.25. The van der Waals surface area contributed by atoms with Crippen LogP contribution in [0.4, 0.5) is 0 Å². The minimum absolute atomic E-state index is 0.0395. The molecule has 25 heavy (non-hydrogen) atoms. The van der Waals surface area contributed by atoms with E-state index in [0.29, 0.717) is 25.2 Å². The molecule has 3 rings (SSSR count). The van der Waals surface area contributed by atoms with Gasteiger partial charge in [0.1, 0.15) is 0 Å². The first kappa shape index (κ1) is 17.6. The Labute approximate surface area is 148 Å². The van der Waals surface area contributed by atoms with Gasteiger partial charge in [0.2, 0.25) is 0 Å². The van der Waals surface area contributed by atoms with Crippen LogP contribution in [0.5, 0.6) is 0 Å². The smallest absolute Gasteiger partial charge is 0.257 e. The molecule has 1 aliphatic rings. The van der Waals surface area contributed by atoms with E-state index < -0.39 is 0 Å². The molecule has 0 unspecified atom stereocenters. The fourth-order valence-electron chi connectivity index (χ4n) is 3.30. The maximum atomic E-state index is 12.9. The van der Waals surface area contributed by atoms with Crippen LogP contribution >= 0.6 is 0 Å². The van der Waals surface area contributed by atoms with Crippen LogP contribution in [0.2, 0.25) is 0 Å². The molecule has 134 valence electrons. The largest absolute Gasteiger partial charge is 0.395 e. The number of aryl methyl sites for hydroxylation is 2. The lowest BCUT2D eigenvalue weighted by atomic mass is 10.1. The number of aliphatic hydroxyl groups is 1. The monoisotopic (exact) mass is 342 g/mol. The molecule has 1 saturated heterocycles. The van der Waals surface area contributed by atoms with Crippen molar-refractivity contribution in [1.29, 1.82) is 0 Å². The normalized spacial score (nSPS) is 15.6. The lowest BCUT2D eigenvalue weighted by Gasteiger charge is -2.34. The number of aromatic nitrogens is 2. The molecule has 2 aromatic rings. The molecule has 0 saturated carbocycles. The van der Waals surface area contributed by atoms with E-state index in [1.54, 1.807) is 6.20 Å². The molecule has 0 atom stereocenters. The average Bonchev–Trinajstić information content (AvgIpc) is 2.99. The summed E-state index contributed by atoms with van der Waals surface area (Å²) in [6.07, 6.45) is 1.68. The Balaban J connectivity index is 1.79. The second-order valence-corrected chi connectivity index (χ2v) is 6.70. The van der Waals surface area contributed by atoms with Crippen molar-refractivity contribution in [3.8, 4) is 5.69 Å². The van der Waals surface area contributed by atoms with E-state index in [1.165, 1.54) is 5.56 Å². The second-order valence-electron chi connectivity index (χ2n) is 6.70. The number of benzene rings is 1. The van der Waals surface area contributed by atoms with Crippen molar-refractivity contribution < 1.29 is 9.90 Å². The standard InChI is InChI=1S/C19H26N4O2/c1-14-4-5-15(2)18(12-14)23-16(3)17(13-20-23)19(25)22-8-6-21(7-9-22)10-11-24/h4-5,12-13,24H,6-11H2,1-3H3. The van der Waals surface area contributed by atoms with Gasteiger partial charge in [-0.2, -0.15) is 5.10 Å². The van der Waals surface area contributed by atoms with Gasteiger partial charge < -0.3 is 10.0 Å². The summed E-state index contributed by atoms with van der Waals surface area (Å²) in [7, 11) is 0. The molecule has 1 aromatic carbocycles. The maximum Gasteiger partial charge on any atom is 0.257 e. The van der Waals surface area contributed by atoms with Gasteiger partial charge in [-0.1, -0.05) is 12.1 Å². The lowest BCUT2D eigenvalue weighted by molar-refractivity contribution is 0.0614. The van der Waals surface area contributed by atoms with Crippen LogP contribution in [0.3, 0.4) is 0 Å². The third-order valence-electron chi connectivity index (χ3n) is 4.91. The van der Waals surface area contributed by atoms with Gasteiger partial charge >= 0.3 is 0 Å². The third kappa shape index (κ3) is 3.60. The topological polar surface area (TPSA) is 61.6 Å². The van der Waals surface area contributed by atoms with Crippen molar-refractivity contribution in [2.75, 3.05) is 39.3 Å². The molecule has 1 fully saturated rings. The van der Waals surface area contributed by atoms with Crippen LogP contribution in [0.15, 0.2) is 24.4 Å². The number of hydrogen-bond acceptors (Lipinski definition) is 4. The fraction of sp³-hybridized carbons (Fsp3) is 0.474. The van der Waals surface area contributed by atoms with E-state index in [4.69, 9.17) is 5.11 Å². The van der Waals surface area contributed by atoms with E-state index in [1.807, 2.05) is 16.5 Å². The molecule has 6 heteroatoms. The Bertz CT molecular complexity index is 761. The lowest BCUT2D eigenvalue weighted by Crippen LogP contribution is -2.49. The molecular weight excluding hydrogens is 316 g/mol. The van der Waals surface area contributed by atoms with Gasteiger partial charge in [-0.3, -0.25) is 9.69 Å². The van der Waals surface area contributed by atoms with Crippen molar-refractivity contribution in [2.45, 2.75) is 20.8 Å². The maximum absolute atomic E-state index is 12.9. The molecule has 2 heterocycles. The van der Waals surface area contributed by atoms with Crippen molar-refractivity contribution in [3.63, 3.8) is 0 Å². The van der Waals surface area contributed by atoms with Gasteiger partial charge in [0.15, 0.2) is 0 Å². The molecule has 0 aliphatic carbocycles. The first-order valence-corrected chi connectivity index (χ1v) is 8.76. The predicted octanol–water partition coefficient (Wildman–Crippen LogP) is 1.55. The molecule has 1 aliphatic heterocycles. The number of carbonyl (C=O) groups is 1. The summed E-state index contributed by atoms with van der Waals surface area (Å²) in [5.41, 5.74) is 4.86. The summed E-state index contributed by atoms with van der Waals surface area (Å²) in [5, 5.41) is 13.5. The highest BCUT2D eigenvalue weighted by molar-refractivity contribution is 5.95. The number of hydrogen-bond donors (Lipinski definition) is 1. The predicted molar refractivity (Wildman–Crippen MR) is 97.2 cm³/mol. The van der Waals surface area contributed by atoms with Crippen molar-refractivity contribution >= 4 is 5.91 Å². The van der Waals surface area contributed by atoms with Gasteiger partial charge in [0, 0.05) is 32.7 Å². The number of piperazine rings is 1. The minimum Gasteiger partial charge on any atom is -0.395 e. The van der Waals surface area contributed by atoms with Crippen LogP contribution in [0, 0.1) is 20.8 Å². The fourth-order valence-corrected chi connectivity index (χ4v) is 3.30. The van der Waals surface area contributed by atoms with Crippen molar-refractivity contribution in [2.24, 2.45) is 0 Å². The Morgan fingerprint density at radius 1 is 1.16 bits per heavy atom. The van der Waals surface area contributed by atoms with E-state index in [2.05, 4.69) is 42.0 Å². The SMILES string of the molecule is Cc1ccc(C)c(-n2ncc(C(=O)N3CCN(CCO)CC3)c2C)c1. The summed E-state index contributed by atoms with van der Waals surface area (Å²) >= 11 is 0. The Kier molecular flexibility index (Phi) is 5.20. The van der Waals surface area contributed by atoms with Crippen molar-refractivity contribution in [1.82, 2.24) is 19.6 Å². The minimum atomic E-state index is 0.0395. The Hall–Kier alpha value is -2.18. The Morgan fingerprint density at radius 2 is 1.88 bits per heavy atom. The van der Waals surface area contributed by atoms with Crippen LogP contribution in [-0.4, -0.2) is 69.9 Å². The first-order chi connectivity index (χ1) is 12.0.